The van der Waals surface area contributed by atoms with E-state index in [4.69, 9.17) is 16.8 Å². The van der Waals surface area contributed by atoms with Crippen molar-refractivity contribution in [3.63, 3.8) is 0 Å². The van der Waals surface area contributed by atoms with Crippen LogP contribution in [-0.2, 0) is 0 Å². The van der Waals surface area contributed by atoms with Crippen molar-refractivity contribution in [3.8, 4) is 67.4 Å². The standard InChI is InChI=1S/C38H27N5/c1-26-32(29-14-16-34(41-24-29)27-9-3-2-4-10-27)21-31(28-13-17-37(42-23-28)35-11-5-7-19-39-35)22-33(26)30-15-18-38(43-25-30)36-12-6-8-20-40-36/h2-25H,1H3/i2D,3D,4D,9D,10D. The third-order valence-corrected chi connectivity index (χ3v) is 7.26. The molecule has 7 aromatic rings. The zero-order chi connectivity index (χ0) is 33.4. The van der Waals surface area contributed by atoms with Crippen molar-refractivity contribution in [3.05, 3.63) is 152 Å². The molecule has 0 aliphatic carbocycles. The molecule has 5 heteroatoms. The minimum Gasteiger partial charge on any atom is -0.256 e. The number of hydrogen-bond acceptors (Lipinski definition) is 5. The van der Waals surface area contributed by atoms with Crippen LogP contribution in [0.3, 0.4) is 0 Å². The molecule has 0 amide bonds. The zero-order valence-corrected chi connectivity index (χ0v) is 23.2. The van der Waals surface area contributed by atoms with Gasteiger partial charge in [-0.25, -0.2) is 0 Å². The summed E-state index contributed by atoms with van der Waals surface area (Å²) in [5, 5.41) is 0. The van der Waals surface area contributed by atoms with Crippen molar-refractivity contribution in [1.82, 2.24) is 24.9 Å². The van der Waals surface area contributed by atoms with Crippen LogP contribution in [0, 0.1) is 6.92 Å². The van der Waals surface area contributed by atoms with Crippen LogP contribution < -0.4 is 0 Å². The Kier molecular flexibility index (Phi) is 5.65. The number of rotatable bonds is 6. The average Bonchev–Trinajstić information content (AvgIpc) is 3.14. The fourth-order valence-corrected chi connectivity index (χ4v) is 5.01. The zero-order valence-electron chi connectivity index (χ0n) is 28.2. The summed E-state index contributed by atoms with van der Waals surface area (Å²) in [6, 6.07) is 25.4. The molecule has 43 heavy (non-hydrogen) atoms. The van der Waals surface area contributed by atoms with Crippen LogP contribution in [0.4, 0.5) is 0 Å². The second kappa shape index (κ2) is 11.6. The summed E-state index contributed by atoms with van der Waals surface area (Å²) in [7, 11) is 0. The highest BCUT2D eigenvalue weighted by Gasteiger charge is 2.14. The summed E-state index contributed by atoms with van der Waals surface area (Å²) < 4.78 is 40.8. The number of nitrogens with zero attached hydrogens (tertiary/aromatic N) is 5. The van der Waals surface area contributed by atoms with Crippen molar-refractivity contribution in [2.75, 3.05) is 0 Å². The fourth-order valence-electron chi connectivity index (χ4n) is 5.01. The summed E-state index contributed by atoms with van der Waals surface area (Å²) in [5.74, 6) is 0. The van der Waals surface area contributed by atoms with Gasteiger partial charge in [0.05, 0.1) is 35.3 Å². The first kappa shape index (κ1) is 21.0. The monoisotopic (exact) mass is 558 g/mol. The van der Waals surface area contributed by atoms with E-state index in [-0.39, 0.29) is 17.6 Å². The molecule has 0 saturated heterocycles. The highest BCUT2D eigenvalue weighted by atomic mass is 14.8. The molecule has 5 aromatic heterocycles. The van der Waals surface area contributed by atoms with Gasteiger partial charge in [0.1, 0.15) is 0 Å². The minimum absolute atomic E-state index is 0.0665. The van der Waals surface area contributed by atoms with E-state index in [2.05, 4.69) is 27.1 Å². The maximum absolute atomic E-state index is 8.38. The summed E-state index contributed by atoms with van der Waals surface area (Å²) in [5.41, 5.74) is 9.98. The molecule has 0 aliphatic heterocycles. The molecule has 0 fully saturated rings. The third kappa shape index (κ3) is 5.44. The lowest BCUT2D eigenvalue weighted by atomic mass is 9.89. The number of hydrogen-bond donors (Lipinski definition) is 0. The van der Waals surface area contributed by atoms with Gasteiger partial charge >= 0.3 is 0 Å². The fraction of sp³-hybridized carbons (Fsp3) is 0.0263. The van der Waals surface area contributed by atoms with Gasteiger partial charge in [0.25, 0.3) is 0 Å². The van der Waals surface area contributed by atoms with Crippen LogP contribution in [0.25, 0.3) is 67.4 Å². The molecule has 5 nitrogen and oxygen atoms in total. The Morgan fingerprint density at radius 2 is 0.930 bits per heavy atom. The van der Waals surface area contributed by atoms with E-state index < -0.39 is 18.1 Å². The van der Waals surface area contributed by atoms with Crippen molar-refractivity contribution >= 4 is 0 Å². The molecule has 2 aromatic carbocycles. The minimum atomic E-state index is -0.435. The van der Waals surface area contributed by atoms with E-state index in [9.17, 15) is 0 Å². The van der Waals surface area contributed by atoms with Gasteiger partial charge in [-0.1, -0.05) is 60.5 Å². The summed E-state index contributed by atoms with van der Waals surface area (Å²) in [4.78, 5) is 22.9. The first-order chi connectivity index (χ1) is 23.3. The van der Waals surface area contributed by atoms with Crippen molar-refractivity contribution in [2.45, 2.75) is 6.92 Å². The van der Waals surface area contributed by atoms with Gasteiger partial charge in [-0.15, -0.1) is 0 Å². The average molecular weight is 559 g/mol. The Hall–Kier alpha value is -5.81. The van der Waals surface area contributed by atoms with Crippen LogP contribution in [0.5, 0.6) is 0 Å². The lowest BCUT2D eigenvalue weighted by Gasteiger charge is -2.16. The number of aromatic nitrogens is 5. The molecule has 0 atom stereocenters. The lowest BCUT2D eigenvalue weighted by molar-refractivity contribution is 1.24. The molecule has 7 rings (SSSR count). The molecule has 0 unspecified atom stereocenters. The molecule has 0 aliphatic rings. The van der Waals surface area contributed by atoms with Gasteiger partial charge < -0.3 is 0 Å². The first-order valence-corrected chi connectivity index (χ1v) is 13.7. The molecule has 0 bridgehead atoms. The Morgan fingerprint density at radius 3 is 1.40 bits per heavy atom. The Labute approximate surface area is 257 Å². The SMILES string of the molecule is [2H]c1c([2H])c([2H])c(-c2ccc(-c3cc(-c4ccc(-c5ccccn5)nc4)cc(-c4ccc(-c5ccccn5)nc4)c3C)cn2)c([2H])c1[2H]. The Morgan fingerprint density at radius 1 is 0.442 bits per heavy atom. The third-order valence-electron chi connectivity index (χ3n) is 7.26. The van der Waals surface area contributed by atoms with Gasteiger partial charge in [0.15, 0.2) is 0 Å². The molecule has 0 saturated carbocycles. The summed E-state index contributed by atoms with van der Waals surface area (Å²) in [6.07, 6.45) is 8.85. The van der Waals surface area contributed by atoms with Crippen molar-refractivity contribution < 1.29 is 6.85 Å². The molecule has 0 spiro atoms. The molecule has 0 radical (unpaired) electrons. The van der Waals surface area contributed by atoms with Crippen LogP contribution in [-0.4, -0.2) is 24.9 Å². The smallest absolute Gasteiger partial charge is 0.0886 e. The number of pyridine rings is 5. The lowest BCUT2D eigenvalue weighted by Crippen LogP contribution is -1.94. The first-order valence-electron chi connectivity index (χ1n) is 16.2. The van der Waals surface area contributed by atoms with E-state index in [1.807, 2.05) is 86.0 Å². The quantitative estimate of drug-likeness (QED) is 0.204. The molecule has 5 heterocycles. The Bertz CT molecular complexity index is 2230. The van der Waals surface area contributed by atoms with Crippen LogP contribution in [0.2, 0.25) is 0 Å². The molecule has 0 N–H and O–H groups in total. The normalized spacial score (nSPS) is 12.5. The van der Waals surface area contributed by atoms with Crippen LogP contribution in [0.15, 0.2) is 146 Å². The van der Waals surface area contributed by atoms with Crippen molar-refractivity contribution in [1.29, 1.82) is 0 Å². The predicted molar refractivity (Wildman–Crippen MR) is 173 cm³/mol. The molecular weight excluding hydrogens is 526 g/mol. The number of benzene rings is 2. The van der Waals surface area contributed by atoms with E-state index >= 15 is 0 Å². The van der Waals surface area contributed by atoms with Crippen LogP contribution >= 0.6 is 0 Å². The predicted octanol–water partition coefficient (Wildman–Crippen LogP) is 8.97. The highest BCUT2D eigenvalue weighted by molar-refractivity contribution is 5.85. The second-order valence-corrected chi connectivity index (χ2v) is 9.92. The largest absolute Gasteiger partial charge is 0.256 e. The van der Waals surface area contributed by atoms with Gasteiger partial charge in [-0.3, -0.25) is 24.9 Å². The summed E-state index contributed by atoms with van der Waals surface area (Å²) >= 11 is 0. The van der Waals surface area contributed by atoms with Gasteiger partial charge in [0, 0.05) is 53.2 Å². The van der Waals surface area contributed by atoms with E-state index in [0.717, 1.165) is 61.7 Å². The van der Waals surface area contributed by atoms with Gasteiger partial charge in [0.2, 0.25) is 0 Å². The maximum Gasteiger partial charge on any atom is 0.0886 e. The van der Waals surface area contributed by atoms with E-state index in [1.165, 1.54) is 0 Å². The highest BCUT2D eigenvalue weighted by Crippen LogP contribution is 2.37. The topological polar surface area (TPSA) is 64.5 Å². The summed E-state index contributed by atoms with van der Waals surface area (Å²) in [6.45, 7) is 2.05. The van der Waals surface area contributed by atoms with Crippen LogP contribution in [0.1, 0.15) is 12.4 Å². The molecule has 204 valence electrons. The van der Waals surface area contributed by atoms with Gasteiger partial charge in [-0.05, 0) is 83.8 Å². The van der Waals surface area contributed by atoms with Gasteiger partial charge in [-0.2, -0.15) is 0 Å². The second-order valence-electron chi connectivity index (χ2n) is 9.92. The maximum atomic E-state index is 8.38. The van der Waals surface area contributed by atoms with E-state index in [0.29, 0.717) is 5.69 Å². The van der Waals surface area contributed by atoms with E-state index in [1.54, 1.807) is 24.7 Å². The molecular formula is C38H27N5. The van der Waals surface area contributed by atoms with Crippen molar-refractivity contribution in [2.24, 2.45) is 0 Å². The Balaban J connectivity index is 1.33.